The number of allylic oxidation sites excluding steroid dienone is 7. The number of unbranched alkanes of at least 4 members (excludes halogenated alkanes) is 1. The number of ether oxygens (including phenoxy) is 1. The van der Waals surface area contributed by atoms with Crippen LogP contribution in [0.4, 0.5) is 11.4 Å². The lowest BCUT2D eigenvalue weighted by Gasteiger charge is -2.18. The lowest BCUT2D eigenvalue weighted by atomic mass is 9.91. The first-order chi connectivity index (χ1) is 18.1. The molecule has 204 valence electrons. The Morgan fingerprint density at radius 3 is 2.71 bits per heavy atom. The second-order valence-electron chi connectivity index (χ2n) is 10.7. The van der Waals surface area contributed by atoms with E-state index in [1.807, 2.05) is 6.08 Å². The van der Waals surface area contributed by atoms with Crippen LogP contribution in [0.5, 0.6) is 0 Å². The van der Waals surface area contributed by atoms with Crippen LogP contribution in [0, 0.1) is 12.8 Å². The first-order valence-electron chi connectivity index (χ1n) is 13.8. The maximum Gasteiger partial charge on any atom is 0.183 e. The van der Waals surface area contributed by atoms with Crippen molar-refractivity contribution in [1.29, 1.82) is 0 Å². The van der Waals surface area contributed by atoms with Gasteiger partial charge in [-0.1, -0.05) is 38.1 Å². The number of Topliss-reactive ketones (excluding diaryl/α,β-unsaturated/α-hetero) is 1. The maximum absolute atomic E-state index is 13.5. The highest BCUT2D eigenvalue weighted by molar-refractivity contribution is 6.03. The van der Waals surface area contributed by atoms with E-state index >= 15 is 0 Å². The van der Waals surface area contributed by atoms with Crippen molar-refractivity contribution in [3.05, 3.63) is 82.4 Å². The summed E-state index contributed by atoms with van der Waals surface area (Å²) in [7, 11) is 5.88. The number of nitrogens with zero attached hydrogens (tertiary/aromatic N) is 2. The number of aryl methyl sites for hydroxylation is 1. The first-order valence-corrected chi connectivity index (χ1v) is 13.8. The smallest absolute Gasteiger partial charge is 0.183 e. The minimum atomic E-state index is 0.153. The third-order valence-corrected chi connectivity index (χ3v) is 7.96. The molecule has 1 N–H and O–H groups in total. The molecule has 1 aromatic carbocycles. The highest BCUT2D eigenvalue weighted by Crippen LogP contribution is 2.36. The average molecular weight is 517 g/mol. The number of hydrogen-bond acceptors (Lipinski definition) is 4. The molecule has 0 amide bonds. The third kappa shape index (κ3) is 6.75. The van der Waals surface area contributed by atoms with Crippen LogP contribution < -0.4 is 10.2 Å². The fraction of sp³-hybridized carbons (Fsp3) is 0.455. The molecule has 2 heterocycles. The molecule has 0 saturated carbocycles. The predicted molar refractivity (Wildman–Crippen MR) is 161 cm³/mol. The number of carbonyl (C=O) groups excluding carboxylic acids is 1. The Labute approximate surface area is 230 Å². The summed E-state index contributed by atoms with van der Waals surface area (Å²) in [6.07, 6.45) is 10.2. The fourth-order valence-electron chi connectivity index (χ4n) is 4.95. The monoisotopic (exact) mass is 516 g/mol. The Morgan fingerprint density at radius 1 is 1.29 bits per heavy atom. The van der Waals surface area contributed by atoms with Crippen molar-refractivity contribution in [2.45, 2.75) is 66.7 Å². The number of nitrogens with one attached hydrogen (secondary N) is 1. The van der Waals surface area contributed by atoms with E-state index in [0.29, 0.717) is 12.3 Å². The molecular formula is C33H46N3O2+. The van der Waals surface area contributed by atoms with Gasteiger partial charge in [-0.15, -0.1) is 0 Å². The molecule has 38 heavy (non-hydrogen) atoms. The molecule has 0 radical (unpaired) electrons. The minimum absolute atomic E-state index is 0.153. The van der Waals surface area contributed by atoms with E-state index in [0.717, 1.165) is 71.9 Å². The van der Waals surface area contributed by atoms with Gasteiger partial charge in [-0.3, -0.25) is 4.79 Å². The van der Waals surface area contributed by atoms with Crippen molar-refractivity contribution in [1.82, 2.24) is 0 Å². The van der Waals surface area contributed by atoms with Crippen molar-refractivity contribution in [3.63, 3.8) is 0 Å². The third-order valence-electron chi connectivity index (χ3n) is 7.96. The Kier molecular flexibility index (Phi) is 9.96. The van der Waals surface area contributed by atoms with Crippen LogP contribution in [-0.4, -0.2) is 43.8 Å². The molecule has 1 atom stereocenters. The zero-order valence-electron chi connectivity index (χ0n) is 24.7. The molecule has 5 nitrogen and oxygen atoms in total. The number of methoxy groups -OCH3 is 1. The molecule has 0 spiro atoms. The molecule has 3 rings (SSSR count). The van der Waals surface area contributed by atoms with E-state index in [1.165, 1.54) is 16.8 Å². The highest BCUT2D eigenvalue weighted by Gasteiger charge is 2.25. The van der Waals surface area contributed by atoms with Gasteiger partial charge in [0.1, 0.15) is 25.2 Å². The predicted octanol–water partition coefficient (Wildman–Crippen LogP) is 7.32. The van der Waals surface area contributed by atoms with Gasteiger partial charge in [0.05, 0.1) is 30.5 Å². The quantitative estimate of drug-likeness (QED) is 0.145. The van der Waals surface area contributed by atoms with E-state index in [4.69, 9.17) is 4.74 Å². The fourth-order valence-corrected chi connectivity index (χ4v) is 4.95. The van der Waals surface area contributed by atoms with Crippen LogP contribution in [0.2, 0.25) is 0 Å². The molecule has 0 aromatic heterocycles. The van der Waals surface area contributed by atoms with Crippen molar-refractivity contribution < 1.29 is 14.1 Å². The second-order valence-corrected chi connectivity index (χ2v) is 10.7. The number of hydrogen-bond donors (Lipinski definition) is 1. The van der Waals surface area contributed by atoms with E-state index in [9.17, 15) is 4.79 Å². The number of ketones is 1. The lowest BCUT2D eigenvalue weighted by Crippen LogP contribution is -2.25. The molecule has 5 heteroatoms. The molecule has 1 aromatic rings. The summed E-state index contributed by atoms with van der Waals surface area (Å²) in [5.74, 6) is 2.58. The Bertz CT molecular complexity index is 1240. The zero-order valence-corrected chi connectivity index (χ0v) is 24.7. The summed E-state index contributed by atoms with van der Waals surface area (Å²) >= 11 is 0. The number of fused-ring (bicyclic) bond motifs is 1. The normalized spacial score (nSPS) is 18.1. The number of benzene rings is 1. The van der Waals surface area contributed by atoms with Gasteiger partial charge in [-0.25, -0.2) is 4.58 Å². The molecule has 2 aliphatic heterocycles. The highest BCUT2D eigenvalue weighted by atomic mass is 16.5. The van der Waals surface area contributed by atoms with Crippen LogP contribution in [0.25, 0.3) is 0 Å². The number of carbonyl (C=O) groups is 1. The van der Waals surface area contributed by atoms with Crippen LogP contribution >= 0.6 is 0 Å². The standard InChI is InChI=1S/C33H46N3O2/c1-10-23(3)24(4)20-27(21-25(5)33-26(6)35(7)18-17-31(33)38-9)30(37)13-11-12-14-32-34-28-16-15-22(2)19-29(28)36(32)8/h14-16,19-21,23,34H,5,10-13,17-18H2,1-4,6-9H3/q+1/b24-20-,27-21+,32-14-. The SMILES string of the molecule is C=C(/C=C(\C=C(\C)C(C)CC)C(=O)CCC/C=C1/Nc2ccc(C)cc2N1C)C1=C(OC)CC[N+](C)=C1C. The molecule has 1 unspecified atom stereocenters. The number of rotatable bonds is 11. The van der Waals surface area contributed by atoms with Gasteiger partial charge in [0, 0.05) is 26.0 Å². The number of anilines is 2. The van der Waals surface area contributed by atoms with E-state index in [1.54, 1.807) is 7.11 Å². The summed E-state index contributed by atoms with van der Waals surface area (Å²) in [6.45, 7) is 16.0. The summed E-state index contributed by atoms with van der Waals surface area (Å²) in [4.78, 5) is 15.7. The summed E-state index contributed by atoms with van der Waals surface area (Å²) in [6, 6.07) is 6.43. The van der Waals surface area contributed by atoms with Crippen LogP contribution in [0.15, 0.2) is 76.9 Å². The van der Waals surface area contributed by atoms with E-state index < -0.39 is 0 Å². The topological polar surface area (TPSA) is 44.6 Å². The Morgan fingerprint density at radius 2 is 2.03 bits per heavy atom. The van der Waals surface area contributed by atoms with Gasteiger partial charge in [0.15, 0.2) is 11.5 Å². The van der Waals surface area contributed by atoms with E-state index in [-0.39, 0.29) is 5.78 Å². The Hall–Kier alpha value is -3.34. The van der Waals surface area contributed by atoms with Crippen molar-refractivity contribution in [2.24, 2.45) is 5.92 Å². The minimum Gasteiger partial charge on any atom is -0.500 e. The van der Waals surface area contributed by atoms with E-state index in [2.05, 4.69) is 100 Å². The largest absolute Gasteiger partial charge is 0.500 e. The molecule has 0 bridgehead atoms. The van der Waals surface area contributed by atoms with Crippen LogP contribution in [0.3, 0.4) is 0 Å². The van der Waals surface area contributed by atoms with Crippen molar-refractivity contribution >= 4 is 22.9 Å². The Balaban J connectivity index is 1.77. The molecular weight excluding hydrogens is 470 g/mol. The van der Waals surface area contributed by atoms with Crippen LogP contribution in [-0.2, 0) is 9.53 Å². The van der Waals surface area contributed by atoms with Gasteiger partial charge in [0.25, 0.3) is 0 Å². The second kappa shape index (κ2) is 12.9. The van der Waals surface area contributed by atoms with Crippen molar-refractivity contribution in [3.8, 4) is 0 Å². The summed E-state index contributed by atoms with van der Waals surface area (Å²) in [5.41, 5.74) is 8.46. The first kappa shape index (κ1) is 29.2. The van der Waals surface area contributed by atoms with Crippen molar-refractivity contribution in [2.75, 3.05) is 38.0 Å². The summed E-state index contributed by atoms with van der Waals surface area (Å²) in [5, 5.41) is 3.49. The molecule has 0 saturated heterocycles. The zero-order chi connectivity index (χ0) is 28.0. The molecule has 0 fully saturated rings. The van der Waals surface area contributed by atoms with Gasteiger partial charge >= 0.3 is 0 Å². The lowest BCUT2D eigenvalue weighted by molar-refractivity contribution is -0.498. The van der Waals surface area contributed by atoms with Gasteiger partial charge in [-0.05, 0) is 74.4 Å². The van der Waals surface area contributed by atoms with Gasteiger partial charge in [0.2, 0.25) is 0 Å². The summed E-state index contributed by atoms with van der Waals surface area (Å²) < 4.78 is 7.94. The van der Waals surface area contributed by atoms with Gasteiger partial charge < -0.3 is 15.0 Å². The van der Waals surface area contributed by atoms with Crippen LogP contribution in [0.1, 0.15) is 65.4 Å². The molecule has 2 aliphatic rings. The average Bonchev–Trinajstić information content (AvgIpc) is 3.21. The van der Waals surface area contributed by atoms with Gasteiger partial charge in [-0.2, -0.15) is 0 Å². The maximum atomic E-state index is 13.5. The molecule has 0 aliphatic carbocycles.